The molecule has 0 bridgehead atoms. The van der Waals surface area contributed by atoms with Crippen LogP contribution in [0.1, 0.15) is 60.3 Å². The lowest BCUT2D eigenvalue weighted by Crippen LogP contribution is -2.39. The summed E-state index contributed by atoms with van der Waals surface area (Å²) in [6, 6.07) is 1.78. The van der Waals surface area contributed by atoms with Gasteiger partial charge in [-0.3, -0.25) is 4.79 Å². The summed E-state index contributed by atoms with van der Waals surface area (Å²) in [6.07, 6.45) is 4.47. The maximum atomic E-state index is 11.5. The summed E-state index contributed by atoms with van der Waals surface area (Å²) in [4.78, 5) is 13.5. The zero-order valence-corrected chi connectivity index (χ0v) is 18.8. The zero-order chi connectivity index (χ0) is 19.8. The Morgan fingerprint density at radius 2 is 1.56 bits per heavy atom. The smallest absolute Gasteiger partial charge is 0.219 e. The Balaban J connectivity index is 0. The second kappa shape index (κ2) is 16.6. The fraction of sp³-hybridized carbons (Fsp3) is 0.737. The normalized spacial score (nSPS) is 9.76. The Kier molecular flexibility index (Phi) is 17.5. The van der Waals surface area contributed by atoms with E-state index in [4.69, 9.17) is 24.4 Å². The highest BCUT2D eigenvalue weighted by Crippen LogP contribution is 2.11. The predicted octanol–water partition coefficient (Wildman–Crippen LogP) is 4.83. The van der Waals surface area contributed by atoms with Crippen molar-refractivity contribution in [2.45, 2.75) is 60.3 Å². The highest BCUT2D eigenvalue weighted by molar-refractivity contribution is 7.78. The van der Waals surface area contributed by atoms with Crippen molar-refractivity contribution in [3.8, 4) is 0 Å². The Hall–Kier alpha value is -0.850. The molecule has 0 aliphatic carbocycles. The van der Waals surface area contributed by atoms with Crippen LogP contribution in [0.2, 0.25) is 0 Å². The van der Waals surface area contributed by atoms with Crippen molar-refractivity contribution in [3.63, 3.8) is 0 Å². The van der Waals surface area contributed by atoms with Crippen LogP contribution in [0.5, 0.6) is 0 Å². The van der Waals surface area contributed by atoms with Crippen molar-refractivity contribution < 1.29 is 0 Å². The molecule has 0 aliphatic heterocycles. The summed E-state index contributed by atoms with van der Waals surface area (Å²) >= 11 is 9.83. The molecule has 0 N–H and O–H groups in total. The van der Waals surface area contributed by atoms with Gasteiger partial charge < -0.3 is 9.91 Å². The molecule has 0 saturated carbocycles. The minimum atomic E-state index is 0.00977. The van der Waals surface area contributed by atoms with Gasteiger partial charge in [0.1, 0.15) is 0 Å². The fourth-order valence-electron chi connectivity index (χ4n) is 2.10. The van der Waals surface area contributed by atoms with Gasteiger partial charge >= 0.3 is 0 Å². The number of rotatable bonds is 10. The summed E-state index contributed by atoms with van der Waals surface area (Å²) < 4.78 is 0.448. The number of hydrazine groups is 1. The molecule has 0 heterocycles. The van der Waals surface area contributed by atoms with Crippen LogP contribution in [0, 0.1) is 4.51 Å². The van der Waals surface area contributed by atoms with Crippen molar-refractivity contribution in [1.82, 2.24) is 10.0 Å². The zero-order valence-electron chi connectivity index (χ0n) is 17.2. The number of unbranched alkanes of at least 4 members (excludes halogenated alkanes) is 1. The number of anilines is 1. The van der Waals surface area contributed by atoms with Crippen molar-refractivity contribution >= 4 is 35.6 Å². The highest BCUT2D eigenvalue weighted by Gasteiger charge is 2.11. The second-order valence-electron chi connectivity index (χ2n) is 5.69. The molecule has 0 spiro atoms. The molecule has 0 aliphatic rings. The molecule has 1 aromatic rings. The third-order valence-corrected chi connectivity index (χ3v) is 3.98. The van der Waals surface area contributed by atoms with E-state index < -0.39 is 0 Å². The molecule has 1 rings (SSSR count). The number of hydrogen-bond acceptors (Lipinski definition) is 5. The van der Waals surface area contributed by atoms with Crippen molar-refractivity contribution in [2.75, 3.05) is 38.6 Å². The molecule has 0 saturated heterocycles. The summed E-state index contributed by atoms with van der Waals surface area (Å²) in [5, 5.41) is 4.22. The Labute approximate surface area is 165 Å². The van der Waals surface area contributed by atoms with E-state index in [0.29, 0.717) is 4.51 Å². The van der Waals surface area contributed by atoms with E-state index in [-0.39, 0.29) is 5.43 Å². The van der Waals surface area contributed by atoms with Crippen molar-refractivity contribution in [2.24, 2.45) is 0 Å². The van der Waals surface area contributed by atoms with Gasteiger partial charge in [-0.25, -0.2) is 5.01 Å². The van der Waals surface area contributed by atoms with Crippen LogP contribution in [0.4, 0.5) is 5.69 Å². The van der Waals surface area contributed by atoms with E-state index in [0.717, 1.165) is 44.6 Å². The SMILES string of the molecule is CC.CCC.CCCN(CCCCN(C)c1cc(=S)c1=O)N(C)C=S. The summed E-state index contributed by atoms with van der Waals surface area (Å²) in [5.74, 6) is 0. The molecule has 0 amide bonds. The van der Waals surface area contributed by atoms with Gasteiger partial charge in [-0.2, -0.15) is 0 Å². The third-order valence-electron chi connectivity index (χ3n) is 3.38. The van der Waals surface area contributed by atoms with Crippen LogP contribution < -0.4 is 10.3 Å². The molecule has 6 heteroatoms. The van der Waals surface area contributed by atoms with Gasteiger partial charge in [-0.1, -0.05) is 65.5 Å². The summed E-state index contributed by atoms with van der Waals surface area (Å²) in [5.41, 5.74) is 2.42. The molecule has 0 atom stereocenters. The quantitative estimate of drug-likeness (QED) is 0.324. The molecule has 25 heavy (non-hydrogen) atoms. The molecule has 1 aromatic carbocycles. The van der Waals surface area contributed by atoms with Crippen molar-refractivity contribution in [1.29, 1.82) is 0 Å². The van der Waals surface area contributed by atoms with Crippen LogP contribution in [0.25, 0.3) is 0 Å². The minimum absolute atomic E-state index is 0.00977. The average molecular weight is 388 g/mol. The summed E-state index contributed by atoms with van der Waals surface area (Å²) in [7, 11) is 3.92. The number of thiocarbonyl (C=S) groups is 1. The van der Waals surface area contributed by atoms with Crippen LogP contribution in [0.3, 0.4) is 0 Å². The lowest BCUT2D eigenvalue weighted by molar-refractivity contribution is 0.0754. The Morgan fingerprint density at radius 3 is 1.96 bits per heavy atom. The molecule has 146 valence electrons. The molecular weight excluding hydrogens is 350 g/mol. The van der Waals surface area contributed by atoms with Crippen LogP contribution in [-0.2, 0) is 0 Å². The monoisotopic (exact) mass is 387 g/mol. The van der Waals surface area contributed by atoms with E-state index >= 15 is 0 Å². The maximum Gasteiger partial charge on any atom is 0.219 e. The first-order chi connectivity index (χ1) is 11.9. The maximum absolute atomic E-state index is 11.5. The average Bonchev–Trinajstić information content (AvgIpc) is 2.63. The van der Waals surface area contributed by atoms with Crippen LogP contribution in [-0.4, -0.2) is 49.2 Å². The topological polar surface area (TPSA) is 26.8 Å². The number of hydrogen-bond donors (Lipinski definition) is 0. The number of nitrogens with zero attached hydrogens (tertiary/aromatic N) is 3. The second-order valence-corrected chi connectivity index (χ2v) is 6.34. The molecule has 0 fully saturated rings. The van der Waals surface area contributed by atoms with Crippen LogP contribution >= 0.6 is 24.4 Å². The van der Waals surface area contributed by atoms with Gasteiger partial charge in [-0.15, -0.1) is 0 Å². The first-order valence-corrected chi connectivity index (χ1v) is 10.2. The molecule has 0 aromatic heterocycles. The minimum Gasteiger partial charge on any atom is -0.371 e. The van der Waals surface area contributed by atoms with E-state index in [2.05, 4.69) is 25.8 Å². The molecule has 4 nitrogen and oxygen atoms in total. The van der Waals surface area contributed by atoms with Gasteiger partial charge in [-0.05, 0) is 25.3 Å². The Morgan fingerprint density at radius 1 is 1.04 bits per heavy atom. The first-order valence-electron chi connectivity index (χ1n) is 9.37. The third kappa shape index (κ3) is 10.7. The van der Waals surface area contributed by atoms with E-state index in [9.17, 15) is 4.79 Å². The first kappa shape index (κ1) is 26.4. The lowest BCUT2D eigenvalue weighted by atomic mass is 10.2. The largest absolute Gasteiger partial charge is 0.371 e. The highest BCUT2D eigenvalue weighted by atomic mass is 32.1. The van der Waals surface area contributed by atoms with E-state index in [1.807, 2.05) is 37.9 Å². The fourth-order valence-corrected chi connectivity index (χ4v) is 2.45. The van der Waals surface area contributed by atoms with Crippen LogP contribution in [0.15, 0.2) is 10.9 Å². The van der Waals surface area contributed by atoms with Gasteiger partial charge in [0.05, 0.1) is 15.7 Å². The lowest BCUT2D eigenvalue weighted by Gasteiger charge is -2.30. The predicted molar refractivity (Wildman–Crippen MR) is 119 cm³/mol. The van der Waals surface area contributed by atoms with Gasteiger partial charge in [0.25, 0.3) is 0 Å². The van der Waals surface area contributed by atoms with E-state index in [1.54, 1.807) is 11.6 Å². The molecule has 0 unspecified atom stereocenters. The summed E-state index contributed by atoms with van der Waals surface area (Å²) in [6.45, 7) is 13.3. The van der Waals surface area contributed by atoms with Crippen molar-refractivity contribution in [3.05, 3.63) is 20.8 Å². The van der Waals surface area contributed by atoms with Gasteiger partial charge in [0.2, 0.25) is 5.43 Å². The molecule has 0 radical (unpaired) electrons. The Bertz CT molecular complexity index is 513. The van der Waals surface area contributed by atoms with E-state index in [1.165, 1.54) is 6.42 Å². The molecular formula is C19H37N3OS2. The van der Waals surface area contributed by atoms with Gasteiger partial charge in [0, 0.05) is 33.7 Å². The standard InChI is InChI=1S/C14H23N3OS2.C3H8.C2H6/c1-4-7-17(16(3)11-19)9-6-5-8-15(2)12-10-13(20)14(12)18;1-3-2;1-2/h10-11H,4-9H2,1-3H3;3H2,1-2H3;1-2H3. The van der Waals surface area contributed by atoms with Gasteiger partial charge in [0.15, 0.2) is 0 Å².